The third kappa shape index (κ3) is 3.41. The largest absolute Gasteiger partial charge is 0.349 e. The Kier molecular flexibility index (Phi) is 4.48. The molecular weight excluding hydrogens is 246 g/mol. The van der Waals surface area contributed by atoms with E-state index in [2.05, 4.69) is 10.3 Å². The number of hydrogen-bond donors (Lipinski definition) is 1. The van der Waals surface area contributed by atoms with Crippen molar-refractivity contribution in [1.29, 1.82) is 5.26 Å². The lowest BCUT2D eigenvalue weighted by Crippen LogP contribution is -2.36. The Hall–Kier alpha value is -1.67. The first-order valence-electron chi connectivity index (χ1n) is 6.12. The van der Waals surface area contributed by atoms with Crippen LogP contribution in [0.5, 0.6) is 0 Å². The number of carbonyl (C=O) groups is 1. The second kappa shape index (κ2) is 6.31. The lowest BCUT2D eigenvalue weighted by molar-refractivity contribution is -0.117. The molecule has 0 saturated heterocycles. The fraction of sp³-hybridized carbons (Fsp3) is 0.462. The van der Waals surface area contributed by atoms with Gasteiger partial charge in [-0.25, -0.2) is 4.98 Å². The molecule has 1 aromatic rings. The molecule has 0 aromatic carbocycles. The summed E-state index contributed by atoms with van der Waals surface area (Å²) in [4.78, 5) is 16.0. The number of thiazole rings is 1. The maximum absolute atomic E-state index is 11.9. The Bertz CT molecular complexity index is 467. The van der Waals surface area contributed by atoms with Crippen molar-refractivity contribution in [3.63, 3.8) is 0 Å². The number of nitrogens with one attached hydrogen (secondary N) is 1. The normalized spacial score (nSPS) is 17.2. The Morgan fingerprint density at radius 1 is 1.50 bits per heavy atom. The Morgan fingerprint density at radius 3 is 2.89 bits per heavy atom. The van der Waals surface area contributed by atoms with Crippen LogP contribution in [0.4, 0.5) is 0 Å². The predicted molar refractivity (Wildman–Crippen MR) is 70.7 cm³/mol. The zero-order chi connectivity index (χ0) is 12.8. The van der Waals surface area contributed by atoms with Crippen LogP contribution in [-0.2, 0) is 4.79 Å². The lowest BCUT2D eigenvalue weighted by atomic mass is 9.95. The van der Waals surface area contributed by atoms with Crippen molar-refractivity contribution in [3.05, 3.63) is 22.2 Å². The minimum atomic E-state index is -0.278. The minimum absolute atomic E-state index is 0.135. The van der Waals surface area contributed by atoms with Gasteiger partial charge in [-0.3, -0.25) is 4.79 Å². The molecule has 1 aromatic heterocycles. The molecule has 18 heavy (non-hydrogen) atoms. The first-order valence-corrected chi connectivity index (χ1v) is 6.99. The molecule has 2 rings (SSSR count). The smallest absolute Gasteiger partial charge is 0.262 e. The van der Waals surface area contributed by atoms with Gasteiger partial charge in [-0.1, -0.05) is 19.3 Å². The first kappa shape index (κ1) is 12.8. The van der Waals surface area contributed by atoms with E-state index in [0.717, 1.165) is 25.7 Å². The van der Waals surface area contributed by atoms with Gasteiger partial charge in [0.1, 0.15) is 16.6 Å². The molecular formula is C13H15N3OS. The predicted octanol–water partition coefficient (Wildman–Crippen LogP) is 2.50. The topological polar surface area (TPSA) is 65.8 Å². The molecule has 1 saturated carbocycles. The van der Waals surface area contributed by atoms with Crippen molar-refractivity contribution in [2.24, 2.45) is 0 Å². The van der Waals surface area contributed by atoms with Crippen LogP contribution in [0.3, 0.4) is 0 Å². The Morgan fingerprint density at radius 2 is 2.28 bits per heavy atom. The fourth-order valence-electron chi connectivity index (χ4n) is 2.09. The fourth-order valence-corrected chi connectivity index (χ4v) is 2.66. The van der Waals surface area contributed by atoms with E-state index in [1.54, 1.807) is 12.3 Å². The average Bonchev–Trinajstić information content (AvgIpc) is 2.90. The molecule has 0 spiro atoms. The van der Waals surface area contributed by atoms with Crippen molar-refractivity contribution in [1.82, 2.24) is 10.3 Å². The van der Waals surface area contributed by atoms with E-state index in [9.17, 15) is 4.79 Å². The quantitative estimate of drug-likeness (QED) is 0.671. The molecule has 1 fully saturated rings. The molecule has 0 aliphatic heterocycles. The summed E-state index contributed by atoms with van der Waals surface area (Å²) in [5.74, 6) is -0.278. The number of hydrogen-bond acceptors (Lipinski definition) is 4. The zero-order valence-corrected chi connectivity index (χ0v) is 10.9. The standard InChI is InChI=1S/C13H15N3OS/c14-9-10(8-12-15-6-7-18-12)13(17)16-11-4-2-1-3-5-11/h6-8,11H,1-5H2,(H,16,17)/b10-8+. The van der Waals surface area contributed by atoms with E-state index in [4.69, 9.17) is 5.26 Å². The number of aromatic nitrogens is 1. The molecule has 0 radical (unpaired) electrons. The molecule has 1 amide bonds. The third-order valence-corrected chi connectivity index (χ3v) is 3.75. The second-order valence-electron chi connectivity index (χ2n) is 4.35. The number of carbonyl (C=O) groups excluding carboxylic acids is 1. The van der Waals surface area contributed by atoms with Crippen molar-refractivity contribution >= 4 is 23.3 Å². The van der Waals surface area contributed by atoms with Crippen LogP contribution in [0.1, 0.15) is 37.1 Å². The SMILES string of the molecule is N#C/C(=C\c1nccs1)C(=O)NC1CCCCC1. The van der Waals surface area contributed by atoms with Gasteiger partial charge in [-0.2, -0.15) is 5.26 Å². The number of rotatable bonds is 3. The summed E-state index contributed by atoms with van der Waals surface area (Å²) in [7, 11) is 0. The van der Waals surface area contributed by atoms with Gasteiger partial charge in [0.15, 0.2) is 0 Å². The molecule has 0 unspecified atom stereocenters. The summed E-state index contributed by atoms with van der Waals surface area (Å²) < 4.78 is 0. The number of amides is 1. The first-order chi connectivity index (χ1) is 8.79. The van der Waals surface area contributed by atoms with Gasteiger partial charge in [-0.15, -0.1) is 11.3 Å². The molecule has 5 heteroatoms. The van der Waals surface area contributed by atoms with Gasteiger partial charge in [0, 0.05) is 17.6 Å². The van der Waals surface area contributed by atoms with Crippen LogP contribution in [0.2, 0.25) is 0 Å². The highest BCUT2D eigenvalue weighted by Crippen LogP contribution is 2.18. The van der Waals surface area contributed by atoms with Crippen LogP contribution < -0.4 is 5.32 Å². The minimum Gasteiger partial charge on any atom is -0.349 e. The van der Waals surface area contributed by atoms with Gasteiger partial charge in [0.2, 0.25) is 0 Å². The van der Waals surface area contributed by atoms with Crippen molar-refractivity contribution in [3.8, 4) is 6.07 Å². The molecule has 1 N–H and O–H groups in total. The van der Waals surface area contributed by atoms with Gasteiger partial charge in [-0.05, 0) is 18.9 Å². The highest BCUT2D eigenvalue weighted by Gasteiger charge is 2.18. The maximum atomic E-state index is 11.9. The third-order valence-electron chi connectivity index (χ3n) is 3.02. The monoisotopic (exact) mass is 261 g/mol. The molecule has 1 heterocycles. The highest BCUT2D eigenvalue weighted by molar-refractivity contribution is 7.10. The summed E-state index contributed by atoms with van der Waals surface area (Å²) in [6.45, 7) is 0. The van der Waals surface area contributed by atoms with Gasteiger partial charge >= 0.3 is 0 Å². The van der Waals surface area contributed by atoms with Gasteiger partial charge in [0.25, 0.3) is 5.91 Å². The van der Waals surface area contributed by atoms with E-state index in [1.165, 1.54) is 17.8 Å². The van der Waals surface area contributed by atoms with E-state index in [1.807, 2.05) is 11.4 Å². The Balaban J connectivity index is 2.00. The molecule has 4 nitrogen and oxygen atoms in total. The van der Waals surface area contributed by atoms with Crippen LogP contribution in [0.15, 0.2) is 17.2 Å². The van der Waals surface area contributed by atoms with Crippen molar-refractivity contribution in [2.75, 3.05) is 0 Å². The average molecular weight is 261 g/mol. The van der Waals surface area contributed by atoms with Crippen molar-refractivity contribution < 1.29 is 4.79 Å². The molecule has 1 aliphatic rings. The zero-order valence-electron chi connectivity index (χ0n) is 10.1. The number of nitrogens with zero attached hydrogens (tertiary/aromatic N) is 2. The molecule has 94 valence electrons. The summed E-state index contributed by atoms with van der Waals surface area (Å²) in [5, 5.41) is 14.5. The Labute approximate surface area is 110 Å². The van der Waals surface area contributed by atoms with Gasteiger partial charge in [0.05, 0.1) is 0 Å². The second-order valence-corrected chi connectivity index (χ2v) is 5.27. The van der Waals surface area contributed by atoms with Crippen LogP contribution >= 0.6 is 11.3 Å². The number of nitriles is 1. The summed E-state index contributed by atoms with van der Waals surface area (Å²) in [5.41, 5.74) is 0.135. The lowest BCUT2D eigenvalue weighted by Gasteiger charge is -2.22. The summed E-state index contributed by atoms with van der Waals surface area (Å²) in [6, 6.07) is 2.17. The summed E-state index contributed by atoms with van der Waals surface area (Å²) >= 11 is 1.41. The van der Waals surface area contributed by atoms with Crippen LogP contribution in [0.25, 0.3) is 6.08 Å². The van der Waals surface area contributed by atoms with E-state index >= 15 is 0 Å². The van der Waals surface area contributed by atoms with Crippen LogP contribution in [0, 0.1) is 11.3 Å². The highest BCUT2D eigenvalue weighted by atomic mass is 32.1. The van der Waals surface area contributed by atoms with Crippen molar-refractivity contribution in [2.45, 2.75) is 38.1 Å². The van der Waals surface area contributed by atoms with Crippen LogP contribution in [-0.4, -0.2) is 16.9 Å². The van der Waals surface area contributed by atoms with Gasteiger partial charge < -0.3 is 5.32 Å². The maximum Gasteiger partial charge on any atom is 0.262 e. The summed E-state index contributed by atoms with van der Waals surface area (Å²) in [6.07, 6.45) is 8.79. The van der Waals surface area contributed by atoms with E-state index in [-0.39, 0.29) is 17.5 Å². The van der Waals surface area contributed by atoms with E-state index in [0.29, 0.717) is 5.01 Å². The van der Waals surface area contributed by atoms with E-state index < -0.39 is 0 Å². The molecule has 1 aliphatic carbocycles. The molecule has 0 atom stereocenters. The molecule has 0 bridgehead atoms.